The summed E-state index contributed by atoms with van der Waals surface area (Å²) in [7, 11) is 0. The highest BCUT2D eigenvalue weighted by molar-refractivity contribution is 5.95. The molecule has 34 heavy (non-hydrogen) atoms. The Morgan fingerprint density at radius 1 is 1.12 bits per heavy atom. The van der Waals surface area contributed by atoms with Crippen LogP contribution < -0.4 is 10.6 Å². The number of allylic oxidation sites excluding steroid dienone is 2. The molecule has 4 heterocycles. The molecule has 0 amide bonds. The molecule has 3 N–H and O–H groups in total. The number of aromatic nitrogens is 5. The van der Waals surface area contributed by atoms with Crippen molar-refractivity contribution < 1.29 is 26.3 Å². The van der Waals surface area contributed by atoms with E-state index in [1.807, 2.05) is 0 Å². The van der Waals surface area contributed by atoms with E-state index in [9.17, 15) is 26.3 Å². The van der Waals surface area contributed by atoms with Gasteiger partial charge in [0.15, 0.2) is 17.2 Å². The fourth-order valence-corrected chi connectivity index (χ4v) is 3.66. The van der Waals surface area contributed by atoms with Gasteiger partial charge in [-0.1, -0.05) is 0 Å². The molecule has 3 aromatic rings. The molecule has 1 aliphatic heterocycles. The maximum absolute atomic E-state index is 13.1. The molecule has 0 aliphatic carbocycles. The largest absolute Gasteiger partial charge is 0.434 e. The zero-order valence-electron chi connectivity index (χ0n) is 17.4. The van der Waals surface area contributed by atoms with Gasteiger partial charge in [0.2, 0.25) is 0 Å². The Balaban J connectivity index is 1.60. The summed E-state index contributed by atoms with van der Waals surface area (Å²) in [5, 5.41) is 8.04. The average Bonchev–Trinajstić information content (AvgIpc) is 3.21. The lowest BCUT2D eigenvalue weighted by atomic mass is 9.92. The van der Waals surface area contributed by atoms with E-state index < -0.39 is 29.7 Å². The predicted molar refractivity (Wildman–Crippen MR) is 110 cm³/mol. The Morgan fingerprint density at radius 2 is 1.88 bits per heavy atom. The van der Waals surface area contributed by atoms with Crippen LogP contribution in [-0.4, -0.2) is 49.3 Å². The van der Waals surface area contributed by atoms with Gasteiger partial charge in [-0.2, -0.15) is 26.3 Å². The van der Waals surface area contributed by atoms with Gasteiger partial charge in [-0.25, -0.2) is 19.9 Å². The minimum Gasteiger partial charge on any atom is -0.395 e. The van der Waals surface area contributed by atoms with Crippen molar-refractivity contribution in [3.63, 3.8) is 0 Å². The first-order chi connectivity index (χ1) is 15.9. The Bertz CT molecular complexity index is 1250. The predicted octanol–water partition coefficient (Wildman–Crippen LogP) is 3.85. The van der Waals surface area contributed by atoms with E-state index in [4.69, 9.17) is 11.1 Å². The van der Waals surface area contributed by atoms with Crippen LogP contribution in [0.3, 0.4) is 0 Å². The van der Waals surface area contributed by atoms with Crippen molar-refractivity contribution in [2.45, 2.75) is 25.2 Å². The van der Waals surface area contributed by atoms with Crippen molar-refractivity contribution in [2.24, 2.45) is 11.7 Å². The van der Waals surface area contributed by atoms with E-state index in [2.05, 4.69) is 19.9 Å². The number of nitrogens with zero attached hydrogens (tertiary/aromatic N) is 6. The molecule has 8 nitrogen and oxygen atoms in total. The zero-order valence-corrected chi connectivity index (χ0v) is 17.4. The highest BCUT2D eigenvalue weighted by Crippen LogP contribution is 2.30. The molecule has 1 atom stereocenters. The van der Waals surface area contributed by atoms with E-state index in [0.717, 1.165) is 12.4 Å². The summed E-state index contributed by atoms with van der Waals surface area (Å²) in [6, 6.07) is 1.58. The van der Waals surface area contributed by atoms with Gasteiger partial charge in [0.25, 0.3) is 0 Å². The number of hydrogen-bond acceptors (Lipinski definition) is 7. The Kier molecular flexibility index (Phi) is 5.91. The third kappa shape index (κ3) is 4.79. The van der Waals surface area contributed by atoms with Crippen LogP contribution in [0.4, 0.5) is 32.2 Å². The van der Waals surface area contributed by atoms with Gasteiger partial charge in [0, 0.05) is 37.1 Å². The highest BCUT2D eigenvalue weighted by Gasteiger charge is 2.34. The summed E-state index contributed by atoms with van der Waals surface area (Å²) in [4.78, 5) is 17.8. The number of alkyl halides is 6. The van der Waals surface area contributed by atoms with Crippen molar-refractivity contribution in [1.29, 1.82) is 5.41 Å². The topological polar surface area (TPSA) is 109 Å². The first kappa shape index (κ1) is 23.4. The molecule has 14 heteroatoms. The lowest BCUT2D eigenvalue weighted by Crippen LogP contribution is -2.39. The smallest absolute Gasteiger partial charge is 0.395 e. The van der Waals surface area contributed by atoms with Crippen molar-refractivity contribution in [1.82, 2.24) is 24.3 Å². The maximum Gasteiger partial charge on any atom is 0.434 e. The molecule has 1 saturated heterocycles. The van der Waals surface area contributed by atoms with Crippen LogP contribution in [0.2, 0.25) is 0 Å². The first-order valence-electron chi connectivity index (χ1n) is 10.0. The Morgan fingerprint density at radius 3 is 2.59 bits per heavy atom. The number of fused-ring (bicyclic) bond motifs is 1. The summed E-state index contributed by atoms with van der Waals surface area (Å²) in [5.41, 5.74) is 2.77. The second kappa shape index (κ2) is 8.57. The molecular formula is C20H18F6N8. The summed E-state index contributed by atoms with van der Waals surface area (Å²) < 4.78 is 78.6. The maximum atomic E-state index is 13.1. The fraction of sp³-hybridized carbons (Fsp3) is 0.350. The Labute approximate surface area is 188 Å². The number of piperidine rings is 1. The summed E-state index contributed by atoms with van der Waals surface area (Å²) in [6.45, 7) is 0.764. The van der Waals surface area contributed by atoms with E-state index in [0.29, 0.717) is 31.3 Å². The lowest BCUT2D eigenvalue weighted by molar-refractivity contribution is -0.141. The summed E-state index contributed by atoms with van der Waals surface area (Å²) >= 11 is 0. The fourth-order valence-electron chi connectivity index (χ4n) is 3.66. The van der Waals surface area contributed by atoms with Crippen LogP contribution in [0.1, 0.15) is 18.5 Å². The number of imidazole rings is 1. The van der Waals surface area contributed by atoms with Crippen LogP contribution in [0.15, 0.2) is 42.6 Å². The first-order valence-corrected chi connectivity index (χ1v) is 10.0. The number of anilines is 1. The molecule has 0 radical (unpaired) electrons. The van der Waals surface area contributed by atoms with E-state index >= 15 is 0 Å². The lowest BCUT2D eigenvalue weighted by Gasteiger charge is -2.33. The van der Waals surface area contributed by atoms with Crippen LogP contribution >= 0.6 is 0 Å². The van der Waals surface area contributed by atoms with Gasteiger partial charge >= 0.3 is 12.4 Å². The van der Waals surface area contributed by atoms with E-state index in [1.165, 1.54) is 16.8 Å². The van der Waals surface area contributed by atoms with Crippen molar-refractivity contribution >= 4 is 17.2 Å². The molecular weight excluding hydrogens is 466 g/mol. The highest BCUT2D eigenvalue weighted by atomic mass is 19.4. The van der Waals surface area contributed by atoms with Gasteiger partial charge in [0.1, 0.15) is 17.2 Å². The number of nitrogens with one attached hydrogen (secondary N) is 1. The van der Waals surface area contributed by atoms with Gasteiger partial charge < -0.3 is 16.0 Å². The van der Waals surface area contributed by atoms with E-state index in [1.54, 1.807) is 11.0 Å². The van der Waals surface area contributed by atoms with Gasteiger partial charge in [-0.05, 0) is 25.0 Å². The number of halogens is 6. The summed E-state index contributed by atoms with van der Waals surface area (Å²) in [6.07, 6.45) is -3.05. The second-order valence-electron chi connectivity index (χ2n) is 7.72. The molecule has 1 unspecified atom stereocenters. The minimum atomic E-state index is -4.71. The molecule has 3 aromatic heterocycles. The third-order valence-electron chi connectivity index (χ3n) is 5.38. The second-order valence-corrected chi connectivity index (χ2v) is 7.72. The minimum absolute atomic E-state index is 0.114. The van der Waals surface area contributed by atoms with Crippen LogP contribution in [-0.2, 0) is 6.18 Å². The number of hydrogen-bond donors (Lipinski definition) is 2. The molecule has 0 aromatic carbocycles. The number of rotatable bonds is 4. The molecule has 180 valence electrons. The summed E-state index contributed by atoms with van der Waals surface area (Å²) in [5.74, 6) is 0.0438. The molecule has 1 aliphatic rings. The average molecular weight is 484 g/mol. The molecule has 0 bridgehead atoms. The van der Waals surface area contributed by atoms with Crippen LogP contribution in [0, 0.1) is 11.3 Å². The normalized spacial score (nSPS) is 17.9. The van der Waals surface area contributed by atoms with Crippen LogP contribution in [0.25, 0.3) is 17.2 Å². The standard InChI is InChI=1S/C20H18F6N8/c21-19(22,23)14(28)6-12(27)11-2-1-5-33(9-11)16-3-4-29-18(32-16)13-7-31-17-8-30-15(10-34(13)17)20(24,25)26/h3-4,6-8,10-11,27H,1-2,5,9,28H2/b14-6-,27-12?. The molecule has 0 saturated carbocycles. The van der Waals surface area contributed by atoms with Gasteiger partial charge in [0.05, 0.1) is 12.4 Å². The van der Waals surface area contributed by atoms with E-state index in [-0.39, 0.29) is 29.4 Å². The number of nitrogens with two attached hydrogens (primary N) is 1. The third-order valence-corrected chi connectivity index (χ3v) is 5.38. The Hall–Kier alpha value is -3.71. The zero-order chi connectivity index (χ0) is 24.7. The SMILES string of the molecule is N=C(/C=C(\N)C(F)(F)F)C1CCCN(c2ccnc(-c3cnc4cnc(C(F)(F)F)cn34)n2)C1. The monoisotopic (exact) mass is 484 g/mol. The molecule has 4 rings (SSSR count). The molecule has 1 fully saturated rings. The van der Waals surface area contributed by atoms with Crippen molar-refractivity contribution in [3.05, 3.63) is 48.3 Å². The van der Waals surface area contributed by atoms with Gasteiger partial charge in [-0.3, -0.25) is 4.40 Å². The van der Waals surface area contributed by atoms with Crippen molar-refractivity contribution in [3.8, 4) is 11.5 Å². The molecule has 0 spiro atoms. The van der Waals surface area contributed by atoms with Crippen molar-refractivity contribution in [2.75, 3.05) is 18.0 Å². The van der Waals surface area contributed by atoms with Gasteiger partial charge in [-0.15, -0.1) is 0 Å². The quantitative estimate of drug-likeness (QED) is 0.430. The van der Waals surface area contributed by atoms with Crippen LogP contribution in [0.5, 0.6) is 0 Å².